The van der Waals surface area contributed by atoms with Crippen LogP contribution in [0.25, 0.3) is 125 Å². The van der Waals surface area contributed by atoms with E-state index in [0.29, 0.717) is 6.42 Å². The third-order valence-electron chi connectivity index (χ3n) is 21.3. The molecular formula is C66H90F4N36O29. The Balaban J connectivity index is 0.000000344. The highest BCUT2D eigenvalue weighted by Crippen LogP contribution is 2.47. The molecule has 6 aliphatic heterocycles. The fourth-order valence-electron chi connectivity index (χ4n) is 15.7. The Kier molecular flexibility index (Phi) is 42.8. The maximum atomic E-state index is 15.6. The van der Waals surface area contributed by atoms with Gasteiger partial charge in [0.05, 0.1) is 86.8 Å². The van der Waals surface area contributed by atoms with Gasteiger partial charge in [0, 0.05) is 126 Å². The van der Waals surface area contributed by atoms with Crippen LogP contribution in [0.5, 0.6) is 0 Å². The molecule has 36 atom stereocenters. The molecule has 0 bridgehead atoms. The molecule has 0 spiro atoms. The summed E-state index contributed by atoms with van der Waals surface area (Å²) in [6.07, 6.45) is -40.7. The van der Waals surface area contributed by atoms with Crippen molar-refractivity contribution in [1.29, 1.82) is 0 Å². The highest BCUT2D eigenvalue weighted by Gasteiger charge is 2.63. The van der Waals surface area contributed by atoms with Crippen molar-refractivity contribution in [3.05, 3.63) is 125 Å². The van der Waals surface area contributed by atoms with E-state index < -0.39 is 306 Å². The second-order valence-corrected chi connectivity index (χ2v) is 30.0. The van der Waals surface area contributed by atoms with E-state index in [-0.39, 0.29) is 19.4 Å². The van der Waals surface area contributed by atoms with Crippen molar-refractivity contribution < 1.29 is 156 Å². The van der Waals surface area contributed by atoms with Gasteiger partial charge >= 0.3 is 47.8 Å². The topological polar surface area (TPSA) is 938 Å². The summed E-state index contributed by atoms with van der Waals surface area (Å²) >= 11 is 0. The molecule has 65 nitrogen and oxygen atoms in total. The van der Waals surface area contributed by atoms with Gasteiger partial charge in [-0.3, -0.25) is 38.4 Å². The van der Waals surface area contributed by atoms with E-state index in [1.807, 2.05) is 0 Å². The molecule has 6 saturated heterocycles. The number of nitrogens with zero attached hydrogens (tertiary/aromatic N) is 36. The summed E-state index contributed by atoms with van der Waals surface area (Å²) in [6, 6.07) is -11.8. The zero-order chi connectivity index (χ0) is 100. The first-order valence-electron chi connectivity index (χ1n) is 40.2. The maximum absolute atomic E-state index is 15.6. The Morgan fingerprint density at radius 3 is 0.948 bits per heavy atom. The second-order valence-electron chi connectivity index (χ2n) is 30.0. The number of halogens is 4. The Morgan fingerprint density at radius 2 is 0.578 bits per heavy atom. The fraction of sp³-hybridized carbons (Fsp3) is 0.879. The molecule has 8 aliphatic rings. The van der Waals surface area contributed by atoms with Gasteiger partial charge in [0.25, 0.3) is 11.8 Å². The molecule has 0 radical (unpaired) electrons. The van der Waals surface area contributed by atoms with Crippen LogP contribution in [-0.2, 0) is 128 Å². The molecular weight excluding hydrogens is 1840 g/mol. The minimum atomic E-state index is -3.78. The lowest BCUT2D eigenvalue weighted by molar-refractivity contribution is -0.324. The van der Waals surface area contributed by atoms with Crippen LogP contribution in [0.1, 0.15) is 109 Å². The van der Waals surface area contributed by atoms with Gasteiger partial charge in [0.1, 0.15) is 73.1 Å². The van der Waals surface area contributed by atoms with Crippen LogP contribution in [-0.4, -0.2) is 304 Å². The molecule has 135 heavy (non-hydrogen) atoms. The smallest absolute Gasteiger partial charge is 0.303 e. The van der Waals surface area contributed by atoms with Crippen molar-refractivity contribution in [2.75, 3.05) is 26.2 Å². The van der Waals surface area contributed by atoms with Crippen LogP contribution >= 0.6 is 0 Å². The van der Waals surface area contributed by atoms with Crippen LogP contribution in [0.2, 0.25) is 0 Å². The van der Waals surface area contributed by atoms with Crippen LogP contribution in [0.15, 0.2) is 61.4 Å². The van der Waals surface area contributed by atoms with Crippen molar-refractivity contribution in [2.45, 2.75) is 329 Å². The zero-order valence-electron chi connectivity index (χ0n) is 73.0. The molecule has 0 aromatic carbocycles. The quantitative estimate of drug-likeness (QED) is 0.0147. The number of hydrogen-bond acceptors (Lipinski definition) is 41. The summed E-state index contributed by atoms with van der Waals surface area (Å²) in [5.74, 6) is -17.8. The average Bonchev–Trinajstić information content (AvgIpc) is 1.10. The molecule has 0 aromatic heterocycles. The molecule has 8 fully saturated rings. The van der Waals surface area contributed by atoms with E-state index in [0.717, 1.165) is 69.2 Å². The van der Waals surface area contributed by atoms with Crippen LogP contribution in [0.3, 0.4) is 0 Å². The number of aliphatic hydroxyl groups is 2. The van der Waals surface area contributed by atoms with E-state index in [1.54, 1.807) is 13.8 Å². The highest BCUT2D eigenvalue weighted by molar-refractivity contribution is 5.69. The zero-order valence-corrected chi connectivity index (χ0v) is 73.0. The van der Waals surface area contributed by atoms with Gasteiger partial charge in [0.2, 0.25) is 0 Å². The normalized spacial score (nSPS) is 35.9. The lowest BCUT2D eigenvalue weighted by atomic mass is 9.83. The summed E-state index contributed by atoms with van der Waals surface area (Å²) in [7, 11) is 0. The Labute approximate surface area is 755 Å². The summed E-state index contributed by atoms with van der Waals surface area (Å²) < 4.78 is 169. The standard InChI is InChI=1S/C33H44F2N18O14.C18H26N6O10.C15H20F2N12O5/c1-7-18-25(66-31-22(47-53-41)27(60-14(5)56)26(59-13(4)55)19(63-31)9-42-48-36)29(61-15(6)57)32(62-18)67-28-23(58-12(3)54)16(44-50-38)8-17(45-51-39)24(28)65-30-21(46-52-40)11(2)33(34,35)20(64-30)10-43-49-37;1-5-10-13(16(17(28)32-10)31-9(4)27)34-18-12(22-24-20)15(30-8(3)26)14(29-7(2)25)11(33-18)6-21-23-19;1-5-10(25-29-21)14(33-9(4-22-26-18)15(5,16)17)34-13-8(24-28-20)3-7(23-27-19)12(11(13)31)32-6(2)30/h11,16-32H,7-10H2,1-6H3;10-18,28H,5-6H2,1-4H3;5,7-14,31H,3-4H2,1-2H3/t11-,16-,17+,18-,19+,20-,21-,22-,23+,24-,25-,26-,27-,28-,29-,30-,31-,32+;10-,11+,12-,13-,14-,15-,16-,17?,18-;5-,7-,8+,9-,10-,11-,12+,13-,14-/m111/s1. The predicted molar refractivity (Wildman–Crippen MR) is 427 cm³/mol. The summed E-state index contributed by atoms with van der Waals surface area (Å²) in [4.78, 5) is 129. The van der Waals surface area contributed by atoms with Crippen LogP contribution < -0.4 is 0 Å². The van der Waals surface area contributed by atoms with Crippen LogP contribution in [0, 0.1) is 11.8 Å². The monoisotopic (exact) mass is 1930 g/mol. The summed E-state index contributed by atoms with van der Waals surface area (Å²) in [6.45, 7) is 11.2. The first kappa shape index (κ1) is 110. The second kappa shape index (κ2) is 52.4. The molecule has 0 aromatic rings. The SMILES string of the molecule is CC(=O)O[C@@H]1[C@@H](O)[C@H](O[C@H]2O[C@H](CN=[N+]=[N-])C(F)(F)[C@H](C)[C@H]2N=[N+]=[N-])[C@@H](N=[N+]=[N-])C[C@H]1N=[N+]=[N-].CC[C@H]1OC(O)[C@H](OC(C)=O)[C@@H]1O[C@H]1O[C@@H](CN=[N+]=[N-])[C@@H](OC(C)=O)[C@H](OC(C)=O)[C@H]1N=[N+]=[N-].CC[C@H]1O[C@@H](O[C@@H]2[C@@H](OC(C)=O)[C@H](N=[N+]=[N-])C[C@H](N=[N+]=[N-])[C@H]2O[C@H]2O[C@H](CN=[N+]=[N-])C(F)(F)[C@H](C)[C@H]2N=[N+]=[N-])[C@H](OC(C)=O)[C@@H]1O[C@H]1O[C@@H](CN=[N+]=[N-])[C@@H](OC(C)=O)[C@H](OC(C)=O)[C@H]1N=[N+]=[N-]. The number of carbonyl (C=O) groups is 8. The van der Waals surface area contributed by atoms with Gasteiger partial charge in [-0.2, -0.15) is 0 Å². The average molecular weight is 1930 g/mol. The molecule has 2 N–H and O–H groups in total. The van der Waals surface area contributed by atoms with Gasteiger partial charge in [-0.15, -0.1) is 0 Å². The van der Waals surface area contributed by atoms with Gasteiger partial charge in [-0.1, -0.05) is 89.1 Å². The van der Waals surface area contributed by atoms with Gasteiger partial charge in [-0.05, 0) is 92.1 Å². The van der Waals surface area contributed by atoms with Crippen molar-refractivity contribution in [2.24, 2.45) is 73.2 Å². The first-order chi connectivity index (χ1) is 64.1. The molecule has 2 saturated carbocycles. The molecule has 0 amide bonds. The fourth-order valence-corrected chi connectivity index (χ4v) is 15.7. The maximum Gasteiger partial charge on any atom is 0.303 e. The number of ether oxygens (including phenoxy) is 19. The lowest BCUT2D eigenvalue weighted by Crippen LogP contribution is -2.64. The van der Waals surface area contributed by atoms with Crippen molar-refractivity contribution in [3.63, 3.8) is 0 Å². The number of esters is 8. The molecule has 8 rings (SSSR count). The van der Waals surface area contributed by atoms with E-state index in [2.05, 4.69) is 120 Å². The van der Waals surface area contributed by atoms with Crippen molar-refractivity contribution in [1.82, 2.24) is 0 Å². The van der Waals surface area contributed by atoms with Gasteiger partial charge in [0.15, 0.2) is 74.4 Å². The van der Waals surface area contributed by atoms with Gasteiger partial charge < -0.3 is 100 Å². The van der Waals surface area contributed by atoms with E-state index >= 15 is 8.78 Å². The van der Waals surface area contributed by atoms with E-state index in [4.69, 9.17) is 134 Å². The van der Waals surface area contributed by atoms with Crippen LogP contribution in [0.4, 0.5) is 17.6 Å². The molecule has 2 aliphatic carbocycles. The molecule has 1 unspecified atom stereocenters. The minimum absolute atomic E-state index is 0.00982. The number of aliphatic hydroxyl groups excluding tert-OH is 2. The Hall–Kier alpha value is -13.3. The van der Waals surface area contributed by atoms with Crippen molar-refractivity contribution in [3.8, 4) is 0 Å². The Morgan fingerprint density at radius 1 is 0.304 bits per heavy atom. The number of hydrogen-bond donors (Lipinski definition) is 2. The van der Waals surface area contributed by atoms with Crippen molar-refractivity contribution >= 4 is 47.8 Å². The third kappa shape index (κ3) is 28.9. The third-order valence-corrected chi connectivity index (χ3v) is 21.3. The number of rotatable bonds is 36. The van der Waals surface area contributed by atoms with Gasteiger partial charge in [-0.25, -0.2) is 17.6 Å². The number of carbonyl (C=O) groups excluding carboxylic acids is 8. The largest absolute Gasteiger partial charge is 0.459 e. The minimum Gasteiger partial charge on any atom is -0.459 e. The molecule has 69 heteroatoms. The Bertz CT molecular complexity index is 4820. The molecule has 736 valence electrons. The molecule has 6 heterocycles. The van der Waals surface area contributed by atoms with E-state index in [1.165, 1.54) is 0 Å². The first-order valence-corrected chi connectivity index (χ1v) is 40.2. The summed E-state index contributed by atoms with van der Waals surface area (Å²) in [5, 5.41) is 62.9. The predicted octanol–water partition coefficient (Wildman–Crippen LogP) is 9.88. The number of azide groups is 12. The van der Waals surface area contributed by atoms with E-state index in [9.17, 15) is 79.5 Å². The number of alkyl halides is 4. The summed E-state index contributed by atoms with van der Waals surface area (Å²) in [5.41, 5.74) is 109. The lowest BCUT2D eigenvalue weighted by Gasteiger charge is -2.48. The highest BCUT2D eigenvalue weighted by atomic mass is 19.3.